The zero-order valence-corrected chi connectivity index (χ0v) is 11.4. The molecule has 1 saturated heterocycles. The summed E-state index contributed by atoms with van der Waals surface area (Å²) in [5.74, 6) is -0.447. The van der Waals surface area contributed by atoms with Crippen LogP contribution in [0.3, 0.4) is 0 Å². The van der Waals surface area contributed by atoms with Crippen LogP contribution >= 0.6 is 0 Å². The summed E-state index contributed by atoms with van der Waals surface area (Å²) < 4.78 is 0. The molecule has 0 aromatic carbocycles. The molecule has 0 atom stereocenters. The van der Waals surface area contributed by atoms with Gasteiger partial charge in [-0.05, 0) is 25.2 Å². The summed E-state index contributed by atoms with van der Waals surface area (Å²) in [6, 6.07) is 0. The fourth-order valence-electron chi connectivity index (χ4n) is 2.33. The smallest absolute Gasteiger partial charge is 0.317 e. The molecule has 1 rings (SSSR count). The summed E-state index contributed by atoms with van der Waals surface area (Å²) in [5.41, 5.74) is 0. The number of likely N-dealkylation sites (tertiary alicyclic amines) is 1. The minimum atomic E-state index is -0.873. The van der Waals surface area contributed by atoms with Gasteiger partial charge in [-0.2, -0.15) is 0 Å². The molecule has 0 aromatic heterocycles. The van der Waals surface area contributed by atoms with E-state index in [4.69, 9.17) is 5.11 Å². The standard InChI is InChI=1S/C13H24N2O3/c1-11(2)8-14(10-13(17)18)9-12(16)15-6-4-3-5-7-15/h11H,3-10H2,1-2H3,(H,17,18). The third kappa shape index (κ3) is 5.49. The Balaban J connectivity index is 2.47. The molecule has 0 spiro atoms. The molecular formula is C13H24N2O3. The summed E-state index contributed by atoms with van der Waals surface area (Å²) >= 11 is 0. The van der Waals surface area contributed by atoms with Gasteiger partial charge in [0.05, 0.1) is 13.1 Å². The quantitative estimate of drug-likeness (QED) is 0.771. The van der Waals surface area contributed by atoms with Crippen molar-refractivity contribution in [3.8, 4) is 0 Å². The lowest BCUT2D eigenvalue weighted by atomic mass is 10.1. The maximum absolute atomic E-state index is 12.1. The van der Waals surface area contributed by atoms with Gasteiger partial charge in [0.1, 0.15) is 0 Å². The lowest BCUT2D eigenvalue weighted by Gasteiger charge is -2.30. The molecule has 0 bridgehead atoms. The highest BCUT2D eigenvalue weighted by molar-refractivity contribution is 5.79. The van der Waals surface area contributed by atoms with Crippen molar-refractivity contribution in [2.75, 3.05) is 32.7 Å². The van der Waals surface area contributed by atoms with E-state index in [2.05, 4.69) is 0 Å². The first-order valence-electron chi connectivity index (χ1n) is 6.71. The van der Waals surface area contributed by atoms with E-state index >= 15 is 0 Å². The van der Waals surface area contributed by atoms with E-state index in [9.17, 15) is 9.59 Å². The minimum absolute atomic E-state index is 0.0578. The van der Waals surface area contributed by atoms with E-state index in [1.807, 2.05) is 18.7 Å². The molecule has 1 aliphatic rings. The molecule has 0 aromatic rings. The number of hydrogen-bond donors (Lipinski definition) is 1. The number of piperidine rings is 1. The Morgan fingerprint density at radius 3 is 2.28 bits per heavy atom. The molecule has 1 N–H and O–H groups in total. The topological polar surface area (TPSA) is 60.9 Å². The van der Waals surface area contributed by atoms with E-state index in [0.717, 1.165) is 25.9 Å². The third-order valence-electron chi connectivity index (χ3n) is 3.05. The van der Waals surface area contributed by atoms with Gasteiger partial charge >= 0.3 is 5.97 Å². The maximum Gasteiger partial charge on any atom is 0.317 e. The van der Waals surface area contributed by atoms with Crippen molar-refractivity contribution in [2.45, 2.75) is 33.1 Å². The molecular weight excluding hydrogens is 232 g/mol. The van der Waals surface area contributed by atoms with Crippen LogP contribution in [0.1, 0.15) is 33.1 Å². The Morgan fingerprint density at radius 2 is 1.78 bits per heavy atom. The highest BCUT2D eigenvalue weighted by Gasteiger charge is 2.21. The molecule has 18 heavy (non-hydrogen) atoms. The van der Waals surface area contributed by atoms with Gasteiger partial charge < -0.3 is 10.0 Å². The Labute approximate surface area is 109 Å². The Hall–Kier alpha value is -1.10. The number of carboxylic acid groups (broad SMARTS) is 1. The molecule has 104 valence electrons. The van der Waals surface area contributed by atoms with E-state index in [1.54, 1.807) is 4.90 Å². The molecule has 1 fully saturated rings. The van der Waals surface area contributed by atoms with Crippen molar-refractivity contribution >= 4 is 11.9 Å². The van der Waals surface area contributed by atoms with Crippen molar-refractivity contribution in [2.24, 2.45) is 5.92 Å². The number of amides is 1. The molecule has 0 unspecified atom stereocenters. The van der Waals surface area contributed by atoms with Crippen LogP contribution in [-0.2, 0) is 9.59 Å². The molecule has 1 aliphatic heterocycles. The summed E-state index contributed by atoms with van der Waals surface area (Å²) in [6.07, 6.45) is 3.32. The highest BCUT2D eigenvalue weighted by Crippen LogP contribution is 2.09. The van der Waals surface area contributed by atoms with Gasteiger partial charge in [-0.1, -0.05) is 13.8 Å². The second-order valence-electron chi connectivity index (χ2n) is 5.40. The molecule has 0 saturated carbocycles. The van der Waals surface area contributed by atoms with Gasteiger partial charge in [-0.3, -0.25) is 14.5 Å². The fourth-order valence-corrected chi connectivity index (χ4v) is 2.33. The van der Waals surface area contributed by atoms with Crippen LogP contribution in [0.15, 0.2) is 0 Å². The van der Waals surface area contributed by atoms with Crippen molar-refractivity contribution in [3.05, 3.63) is 0 Å². The number of carbonyl (C=O) groups excluding carboxylic acids is 1. The first-order valence-corrected chi connectivity index (χ1v) is 6.71. The average Bonchev–Trinajstić information content (AvgIpc) is 2.28. The SMILES string of the molecule is CC(C)CN(CC(=O)O)CC(=O)N1CCCCC1. The monoisotopic (exact) mass is 256 g/mol. The van der Waals surface area contributed by atoms with E-state index in [0.29, 0.717) is 12.5 Å². The van der Waals surface area contributed by atoms with Crippen molar-refractivity contribution < 1.29 is 14.7 Å². The average molecular weight is 256 g/mol. The second kappa shape index (κ2) is 7.36. The van der Waals surface area contributed by atoms with E-state index in [-0.39, 0.29) is 19.0 Å². The first kappa shape index (κ1) is 15.0. The third-order valence-corrected chi connectivity index (χ3v) is 3.05. The molecule has 5 heteroatoms. The van der Waals surface area contributed by atoms with Gasteiger partial charge in [-0.25, -0.2) is 0 Å². The molecule has 1 amide bonds. The van der Waals surface area contributed by atoms with Crippen LogP contribution in [0.25, 0.3) is 0 Å². The summed E-state index contributed by atoms with van der Waals surface area (Å²) in [4.78, 5) is 26.4. The van der Waals surface area contributed by atoms with Crippen LogP contribution in [0.5, 0.6) is 0 Å². The van der Waals surface area contributed by atoms with E-state index < -0.39 is 5.97 Å². The maximum atomic E-state index is 12.1. The lowest BCUT2D eigenvalue weighted by molar-refractivity contribution is -0.140. The summed E-state index contributed by atoms with van der Waals surface area (Å²) in [6.45, 7) is 6.51. The summed E-state index contributed by atoms with van der Waals surface area (Å²) in [5, 5.41) is 8.85. The number of rotatable bonds is 6. The zero-order chi connectivity index (χ0) is 13.5. The van der Waals surface area contributed by atoms with Crippen LogP contribution in [-0.4, -0.2) is 59.5 Å². The van der Waals surface area contributed by atoms with Gasteiger partial charge in [0, 0.05) is 19.6 Å². The zero-order valence-electron chi connectivity index (χ0n) is 11.4. The van der Waals surface area contributed by atoms with Gasteiger partial charge in [0.2, 0.25) is 5.91 Å². The Morgan fingerprint density at radius 1 is 1.17 bits per heavy atom. The minimum Gasteiger partial charge on any atom is -0.480 e. The largest absolute Gasteiger partial charge is 0.480 e. The molecule has 5 nitrogen and oxygen atoms in total. The van der Waals surface area contributed by atoms with Gasteiger partial charge in [0.25, 0.3) is 0 Å². The summed E-state index contributed by atoms with van der Waals surface area (Å²) in [7, 11) is 0. The van der Waals surface area contributed by atoms with Crippen LogP contribution < -0.4 is 0 Å². The Bertz CT molecular complexity index is 286. The predicted molar refractivity (Wildman–Crippen MR) is 69.3 cm³/mol. The van der Waals surface area contributed by atoms with Gasteiger partial charge in [-0.15, -0.1) is 0 Å². The predicted octanol–water partition coefficient (Wildman–Crippen LogP) is 1.04. The molecule has 0 radical (unpaired) electrons. The first-order chi connectivity index (χ1) is 8.49. The van der Waals surface area contributed by atoms with Crippen LogP contribution in [0, 0.1) is 5.92 Å². The van der Waals surface area contributed by atoms with Gasteiger partial charge in [0.15, 0.2) is 0 Å². The van der Waals surface area contributed by atoms with Crippen LogP contribution in [0.2, 0.25) is 0 Å². The number of nitrogens with zero attached hydrogens (tertiary/aromatic N) is 2. The van der Waals surface area contributed by atoms with Crippen molar-refractivity contribution in [1.29, 1.82) is 0 Å². The van der Waals surface area contributed by atoms with Crippen molar-refractivity contribution in [1.82, 2.24) is 9.80 Å². The number of carboxylic acids is 1. The lowest BCUT2D eigenvalue weighted by Crippen LogP contribution is -2.45. The fraction of sp³-hybridized carbons (Fsp3) is 0.846. The number of aliphatic carboxylic acids is 1. The number of hydrogen-bond acceptors (Lipinski definition) is 3. The number of carbonyl (C=O) groups is 2. The second-order valence-corrected chi connectivity index (χ2v) is 5.40. The van der Waals surface area contributed by atoms with E-state index in [1.165, 1.54) is 6.42 Å². The molecule has 1 heterocycles. The normalized spacial score (nSPS) is 16.3. The molecule has 0 aliphatic carbocycles. The van der Waals surface area contributed by atoms with Crippen LogP contribution in [0.4, 0.5) is 0 Å². The Kier molecular flexibility index (Phi) is 6.12. The van der Waals surface area contributed by atoms with Crippen molar-refractivity contribution in [3.63, 3.8) is 0 Å². The highest BCUT2D eigenvalue weighted by atomic mass is 16.4.